The number of halogens is 1. The van der Waals surface area contributed by atoms with Gasteiger partial charge in [0.2, 0.25) is 0 Å². The number of benzene rings is 1. The minimum absolute atomic E-state index is 0.157. The number of hydrogen-bond acceptors (Lipinski definition) is 3. The predicted molar refractivity (Wildman–Crippen MR) is 99.5 cm³/mol. The lowest BCUT2D eigenvalue weighted by molar-refractivity contribution is -0.137. The fraction of sp³-hybridized carbons (Fsp3) is 0.211. The smallest absolute Gasteiger partial charge is 0.303 e. The van der Waals surface area contributed by atoms with E-state index in [1.165, 1.54) is 0 Å². The van der Waals surface area contributed by atoms with Crippen LogP contribution in [0.25, 0.3) is 5.57 Å². The summed E-state index contributed by atoms with van der Waals surface area (Å²) in [4.78, 5) is 27.3. The summed E-state index contributed by atoms with van der Waals surface area (Å²) in [5.74, 6) is -0.934. The Morgan fingerprint density at radius 2 is 2.04 bits per heavy atom. The third-order valence-electron chi connectivity index (χ3n) is 4.07. The molecular formula is C19H17BrN2O3. The molecule has 2 N–H and O–H groups in total. The number of unbranched alkanes of at least 4 members (excludes halogenated alkanes) is 2. The number of allylic oxidation sites excluding steroid dienone is 1. The van der Waals surface area contributed by atoms with Crippen LogP contribution in [-0.2, 0) is 4.79 Å². The molecule has 0 saturated carbocycles. The third-order valence-corrected chi connectivity index (χ3v) is 4.56. The quantitative estimate of drug-likeness (QED) is 0.724. The fourth-order valence-corrected chi connectivity index (χ4v) is 3.24. The number of anilines is 1. The highest BCUT2D eigenvalue weighted by Gasteiger charge is 2.23. The first-order valence-electron chi connectivity index (χ1n) is 8.04. The first kappa shape index (κ1) is 17.4. The van der Waals surface area contributed by atoms with Crippen LogP contribution in [0.15, 0.2) is 47.2 Å². The van der Waals surface area contributed by atoms with Crippen LogP contribution < -0.4 is 5.32 Å². The molecule has 0 unspecified atom stereocenters. The van der Waals surface area contributed by atoms with Gasteiger partial charge in [-0.2, -0.15) is 0 Å². The van der Waals surface area contributed by atoms with E-state index in [1.54, 1.807) is 18.5 Å². The molecule has 0 atom stereocenters. The van der Waals surface area contributed by atoms with E-state index < -0.39 is 5.97 Å². The summed E-state index contributed by atoms with van der Waals surface area (Å²) < 4.78 is 0.921. The minimum Gasteiger partial charge on any atom is -0.481 e. The van der Waals surface area contributed by atoms with E-state index in [1.807, 2.05) is 18.2 Å². The molecule has 0 saturated heterocycles. The van der Waals surface area contributed by atoms with E-state index in [9.17, 15) is 9.59 Å². The summed E-state index contributed by atoms with van der Waals surface area (Å²) in [5.41, 5.74) is 3.98. The number of nitrogens with zero attached hydrogens (tertiary/aromatic N) is 1. The Balaban J connectivity index is 2.00. The molecule has 0 aliphatic carbocycles. The number of hydrogen-bond donors (Lipinski definition) is 2. The number of aliphatic carboxylic acids is 1. The van der Waals surface area contributed by atoms with Gasteiger partial charge in [-0.25, -0.2) is 0 Å². The topological polar surface area (TPSA) is 79.3 Å². The first-order valence-corrected chi connectivity index (χ1v) is 8.83. The van der Waals surface area contributed by atoms with Crippen LogP contribution >= 0.6 is 15.9 Å². The number of carbonyl (C=O) groups excluding carboxylic acids is 1. The van der Waals surface area contributed by atoms with Crippen LogP contribution in [0.2, 0.25) is 0 Å². The molecule has 1 aliphatic rings. The predicted octanol–water partition coefficient (Wildman–Crippen LogP) is 4.49. The molecular weight excluding hydrogens is 384 g/mol. The fourth-order valence-electron chi connectivity index (χ4n) is 2.88. The molecule has 5 nitrogen and oxygen atoms in total. The number of carboxylic acids is 1. The molecule has 0 bridgehead atoms. The second-order valence-electron chi connectivity index (χ2n) is 5.82. The molecule has 1 amide bonds. The van der Waals surface area contributed by atoms with Gasteiger partial charge in [-0.15, -0.1) is 0 Å². The summed E-state index contributed by atoms with van der Waals surface area (Å²) in [6.45, 7) is 0. The van der Waals surface area contributed by atoms with Crippen LogP contribution in [-0.4, -0.2) is 22.0 Å². The Morgan fingerprint density at radius 3 is 2.84 bits per heavy atom. The van der Waals surface area contributed by atoms with E-state index in [0.717, 1.165) is 39.7 Å². The minimum atomic E-state index is -0.777. The van der Waals surface area contributed by atoms with Gasteiger partial charge in [0.05, 0.1) is 5.56 Å². The number of fused-ring (bicyclic) bond motifs is 2. The van der Waals surface area contributed by atoms with Gasteiger partial charge in [0.1, 0.15) is 0 Å². The molecule has 3 rings (SSSR count). The van der Waals surface area contributed by atoms with Crippen molar-refractivity contribution in [2.75, 3.05) is 5.32 Å². The third kappa shape index (κ3) is 3.96. The number of pyridine rings is 1. The van der Waals surface area contributed by atoms with Gasteiger partial charge >= 0.3 is 5.97 Å². The molecule has 0 spiro atoms. The highest BCUT2D eigenvalue weighted by molar-refractivity contribution is 9.10. The first-order chi connectivity index (χ1) is 12.1. The lowest BCUT2D eigenvalue weighted by atomic mass is 9.94. The van der Waals surface area contributed by atoms with Gasteiger partial charge in [-0.3, -0.25) is 14.6 Å². The zero-order valence-electron chi connectivity index (χ0n) is 13.5. The molecule has 1 aromatic carbocycles. The zero-order chi connectivity index (χ0) is 17.8. The second kappa shape index (κ2) is 7.61. The number of carbonyl (C=O) groups is 2. The number of amides is 1. The van der Waals surface area contributed by atoms with Gasteiger partial charge in [0, 0.05) is 40.1 Å². The Kier molecular flexibility index (Phi) is 5.28. The van der Waals surface area contributed by atoms with E-state index in [-0.39, 0.29) is 12.3 Å². The second-order valence-corrected chi connectivity index (χ2v) is 6.74. The highest BCUT2D eigenvalue weighted by atomic mass is 79.9. The lowest BCUT2D eigenvalue weighted by Gasteiger charge is -2.11. The molecule has 128 valence electrons. The van der Waals surface area contributed by atoms with Gasteiger partial charge < -0.3 is 10.4 Å². The molecule has 1 aliphatic heterocycles. The van der Waals surface area contributed by atoms with Crippen molar-refractivity contribution in [2.45, 2.75) is 25.7 Å². The summed E-state index contributed by atoms with van der Waals surface area (Å²) in [7, 11) is 0. The summed E-state index contributed by atoms with van der Waals surface area (Å²) in [5, 5.41) is 11.7. The number of nitrogens with one attached hydrogen (secondary N) is 1. The van der Waals surface area contributed by atoms with Crippen molar-refractivity contribution in [1.82, 2.24) is 4.98 Å². The zero-order valence-corrected chi connectivity index (χ0v) is 15.0. The summed E-state index contributed by atoms with van der Waals surface area (Å²) in [6.07, 6.45) is 7.68. The average molecular weight is 401 g/mol. The SMILES string of the molecule is O=C(O)CCCCC=C1c2cc(Br)ccc2NC(=O)c2ccncc21. The molecule has 6 heteroatoms. The molecule has 0 radical (unpaired) electrons. The van der Waals surface area contributed by atoms with Crippen LogP contribution in [0.1, 0.15) is 47.2 Å². The van der Waals surface area contributed by atoms with Crippen molar-refractivity contribution in [2.24, 2.45) is 0 Å². The Morgan fingerprint density at radius 1 is 1.20 bits per heavy atom. The standard InChI is InChI=1S/C19H17BrN2O3/c20-12-6-7-17-15(10-12)13(4-2-1-3-5-18(23)24)16-11-21-9-8-14(16)19(25)22-17/h4,6-11H,1-3,5H2,(H,22,25)(H,23,24). The van der Waals surface area contributed by atoms with Crippen LogP contribution in [0.4, 0.5) is 5.69 Å². The summed E-state index contributed by atoms with van der Waals surface area (Å²) >= 11 is 3.49. The highest BCUT2D eigenvalue weighted by Crippen LogP contribution is 2.36. The van der Waals surface area contributed by atoms with Gasteiger partial charge in [0.15, 0.2) is 0 Å². The van der Waals surface area contributed by atoms with E-state index in [2.05, 4.69) is 32.3 Å². The number of rotatable bonds is 5. The van der Waals surface area contributed by atoms with Gasteiger partial charge in [-0.05, 0) is 49.1 Å². The largest absolute Gasteiger partial charge is 0.481 e. The molecule has 2 heterocycles. The molecule has 1 aromatic heterocycles. The number of aromatic nitrogens is 1. The van der Waals surface area contributed by atoms with E-state index >= 15 is 0 Å². The summed E-state index contributed by atoms with van der Waals surface area (Å²) in [6, 6.07) is 7.44. The lowest BCUT2D eigenvalue weighted by Crippen LogP contribution is -2.11. The maximum Gasteiger partial charge on any atom is 0.303 e. The van der Waals surface area contributed by atoms with Crippen LogP contribution in [0.5, 0.6) is 0 Å². The van der Waals surface area contributed by atoms with Crippen molar-refractivity contribution < 1.29 is 14.7 Å². The van der Waals surface area contributed by atoms with Crippen molar-refractivity contribution >= 4 is 39.1 Å². The molecule has 25 heavy (non-hydrogen) atoms. The van der Waals surface area contributed by atoms with E-state index in [4.69, 9.17) is 5.11 Å². The maximum atomic E-state index is 12.5. The average Bonchev–Trinajstić information content (AvgIpc) is 2.70. The van der Waals surface area contributed by atoms with Crippen molar-refractivity contribution in [3.63, 3.8) is 0 Å². The molecule has 2 aromatic rings. The monoisotopic (exact) mass is 400 g/mol. The van der Waals surface area contributed by atoms with Crippen LogP contribution in [0, 0.1) is 0 Å². The Hall–Kier alpha value is -2.47. The number of carboxylic acid groups (broad SMARTS) is 1. The molecule has 0 fully saturated rings. The van der Waals surface area contributed by atoms with Crippen molar-refractivity contribution in [3.8, 4) is 0 Å². The van der Waals surface area contributed by atoms with Gasteiger partial charge in [0.25, 0.3) is 5.91 Å². The van der Waals surface area contributed by atoms with Gasteiger partial charge in [-0.1, -0.05) is 22.0 Å². The normalized spacial score (nSPS) is 14.4. The Bertz CT molecular complexity index is 861. The Labute approximate surface area is 153 Å². The van der Waals surface area contributed by atoms with Crippen molar-refractivity contribution in [3.05, 3.63) is 63.9 Å². The maximum absolute atomic E-state index is 12.5. The van der Waals surface area contributed by atoms with Crippen molar-refractivity contribution in [1.29, 1.82) is 0 Å². The van der Waals surface area contributed by atoms with Crippen LogP contribution in [0.3, 0.4) is 0 Å². The van der Waals surface area contributed by atoms with E-state index in [0.29, 0.717) is 12.0 Å².